The van der Waals surface area contributed by atoms with Crippen molar-refractivity contribution in [3.8, 4) is 0 Å². The third-order valence-corrected chi connectivity index (χ3v) is 3.33. The van der Waals surface area contributed by atoms with Gasteiger partial charge in [-0.05, 0) is 12.8 Å². The van der Waals surface area contributed by atoms with Crippen LogP contribution in [-0.2, 0) is 0 Å². The molecule has 0 saturated carbocycles. The molecule has 0 aromatic rings. The number of rotatable bonds is 13. The average Bonchev–Trinajstić information content (AvgIpc) is 2.45. The maximum absolute atomic E-state index is 12.2. The van der Waals surface area contributed by atoms with Crippen LogP contribution < -0.4 is 0 Å². The first-order valence-corrected chi connectivity index (χ1v) is 7.65. The van der Waals surface area contributed by atoms with Crippen molar-refractivity contribution in [2.75, 3.05) is 20.5 Å². The number of quaternary nitrogens is 1. The molecule has 0 fully saturated rings. The van der Waals surface area contributed by atoms with E-state index in [0.717, 1.165) is 19.3 Å². The van der Waals surface area contributed by atoms with Crippen molar-refractivity contribution in [1.29, 1.82) is 0 Å². The summed E-state index contributed by atoms with van der Waals surface area (Å²) in [5.74, 6) is 0. The number of hydroxylamine groups is 3. The fraction of sp³-hybridized carbons (Fsp3) is 1.00. The van der Waals surface area contributed by atoms with Crippen LogP contribution in [0.5, 0.6) is 0 Å². The molecule has 0 unspecified atom stereocenters. The second kappa shape index (κ2) is 12.0. The van der Waals surface area contributed by atoms with Gasteiger partial charge in [-0.25, -0.2) is 0 Å². The molecule has 18 heavy (non-hydrogen) atoms. The summed E-state index contributed by atoms with van der Waals surface area (Å²) < 4.78 is 41.3. The first kappa shape index (κ1) is 9.77. The van der Waals surface area contributed by atoms with Gasteiger partial charge in [0.15, 0.2) is 0 Å². The molecule has 0 N–H and O–H groups in total. The van der Waals surface area contributed by atoms with Crippen LogP contribution in [-0.4, -0.2) is 25.1 Å². The van der Waals surface area contributed by atoms with E-state index in [0.29, 0.717) is 12.8 Å². The minimum atomic E-state index is -3.05. The fourth-order valence-electron chi connectivity index (χ4n) is 2.18. The minimum Gasteiger partial charge on any atom is -0.633 e. The zero-order chi connectivity index (χ0) is 18.7. The zero-order valence-corrected chi connectivity index (χ0v) is 12.0. The summed E-state index contributed by atoms with van der Waals surface area (Å²) in [5, 5.41) is 12.2. The minimum absolute atomic E-state index is 0.345. The van der Waals surface area contributed by atoms with Crippen LogP contribution >= 0.6 is 0 Å². The van der Waals surface area contributed by atoms with Crippen molar-refractivity contribution in [2.45, 2.75) is 84.0 Å². The highest BCUT2D eigenvalue weighted by Crippen LogP contribution is 2.12. The van der Waals surface area contributed by atoms with Gasteiger partial charge in [-0.3, -0.25) is 0 Å². The molecule has 0 spiro atoms. The Hall–Kier alpha value is -0.0800. The Kier molecular flexibility index (Phi) is 6.50. The van der Waals surface area contributed by atoms with Gasteiger partial charge in [-0.2, -0.15) is 0 Å². The molecule has 0 aliphatic heterocycles. The summed E-state index contributed by atoms with van der Waals surface area (Å²) in [6.45, 7) is -4.26. The van der Waals surface area contributed by atoms with E-state index < -0.39 is 18.6 Å². The number of hydrogen-bond donors (Lipinski definition) is 0. The molecule has 0 amide bonds. The molecule has 0 saturated heterocycles. The van der Waals surface area contributed by atoms with Crippen LogP contribution in [0.2, 0.25) is 0 Å². The van der Waals surface area contributed by atoms with Gasteiger partial charge < -0.3 is 9.85 Å². The largest absolute Gasteiger partial charge is 0.633 e. The normalized spacial score (nSPS) is 18.3. The Morgan fingerprint density at radius 3 is 1.50 bits per heavy atom. The van der Waals surface area contributed by atoms with Gasteiger partial charge in [0.05, 0.1) is 28.7 Å². The molecule has 0 aromatic carbocycles. The van der Waals surface area contributed by atoms with Gasteiger partial charge in [0.1, 0.15) is 0 Å². The predicted octanol–water partition coefficient (Wildman–Crippen LogP) is 5.26. The Balaban J connectivity index is 3.75. The van der Waals surface area contributed by atoms with Crippen LogP contribution in [0.25, 0.3) is 0 Å². The molecule has 0 radical (unpaired) electrons. The molecule has 0 aliphatic carbocycles. The molecule has 0 aliphatic rings. The van der Waals surface area contributed by atoms with E-state index >= 15 is 0 Å². The molecular formula is C16H35NO. The second-order valence-electron chi connectivity index (χ2n) is 5.35. The van der Waals surface area contributed by atoms with Crippen molar-refractivity contribution in [2.24, 2.45) is 0 Å². The van der Waals surface area contributed by atoms with Gasteiger partial charge in [-0.15, -0.1) is 0 Å². The van der Waals surface area contributed by atoms with Crippen molar-refractivity contribution in [1.82, 2.24) is 0 Å². The quantitative estimate of drug-likeness (QED) is 0.252. The van der Waals surface area contributed by atoms with Gasteiger partial charge in [0.25, 0.3) is 0 Å². The Morgan fingerprint density at radius 2 is 1.11 bits per heavy atom. The Labute approximate surface area is 123 Å². The van der Waals surface area contributed by atoms with Gasteiger partial charge in [0, 0.05) is 0 Å². The molecule has 0 bridgehead atoms. The van der Waals surface area contributed by atoms with Crippen LogP contribution in [0, 0.1) is 5.21 Å². The molecule has 0 rings (SSSR count). The second-order valence-corrected chi connectivity index (χ2v) is 5.35. The lowest BCUT2D eigenvalue weighted by Crippen LogP contribution is -2.32. The van der Waals surface area contributed by atoms with Crippen molar-refractivity contribution < 1.29 is 12.9 Å². The fourth-order valence-corrected chi connectivity index (χ4v) is 2.18. The van der Waals surface area contributed by atoms with Crippen LogP contribution in [0.4, 0.5) is 0 Å². The highest BCUT2D eigenvalue weighted by molar-refractivity contribution is 4.48. The SMILES string of the molecule is [2H]C([2H])([2H])[N+]([O-])(CCCCCCCCCCCCCC)C([2H])([2H])[2H]. The smallest absolute Gasteiger partial charge is 0.0890 e. The highest BCUT2D eigenvalue weighted by Gasteiger charge is 2.00. The zero-order valence-electron chi connectivity index (χ0n) is 18.0. The summed E-state index contributed by atoms with van der Waals surface area (Å²) >= 11 is 0. The molecule has 0 aromatic heterocycles. The van der Waals surface area contributed by atoms with Crippen LogP contribution in [0.3, 0.4) is 0 Å². The first-order valence-electron chi connectivity index (χ1n) is 10.7. The van der Waals surface area contributed by atoms with Gasteiger partial charge >= 0.3 is 0 Å². The van der Waals surface area contributed by atoms with E-state index in [1.165, 1.54) is 44.9 Å². The third-order valence-electron chi connectivity index (χ3n) is 3.33. The maximum atomic E-state index is 12.2. The lowest BCUT2D eigenvalue weighted by atomic mass is 10.1. The topological polar surface area (TPSA) is 23.1 Å². The standard InChI is InChI=1S/C16H35NO/c1-4-5-6-7-8-9-10-11-12-13-14-15-16-17(2,3)18/h4-16H2,1-3H3/i2D3,3D3. The van der Waals surface area contributed by atoms with Gasteiger partial charge in [0.2, 0.25) is 0 Å². The van der Waals surface area contributed by atoms with Crippen LogP contribution in [0.15, 0.2) is 0 Å². The summed E-state index contributed by atoms with van der Waals surface area (Å²) in [5.41, 5.74) is 0. The summed E-state index contributed by atoms with van der Waals surface area (Å²) in [6.07, 6.45) is 13.2. The van der Waals surface area contributed by atoms with E-state index in [-0.39, 0.29) is 6.54 Å². The Bertz CT molecular complexity index is 303. The van der Waals surface area contributed by atoms with Crippen molar-refractivity contribution >= 4 is 0 Å². The lowest BCUT2D eigenvalue weighted by molar-refractivity contribution is -0.840. The van der Waals surface area contributed by atoms with E-state index in [1.54, 1.807) is 0 Å². The number of unbranched alkanes of at least 4 members (excludes halogenated alkanes) is 11. The predicted molar refractivity (Wildman–Crippen MR) is 81.4 cm³/mol. The van der Waals surface area contributed by atoms with Crippen molar-refractivity contribution in [3.63, 3.8) is 0 Å². The number of hydrogen-bond acceptors (Lipinski definition) is 1. The van der Waals surface area contributed by atoms with E-state index in [1.807, 2.05) is 0 Å². The van der Waals surface area contributed by atoms with Gasteiger partial charge in [-0.1, -0.05) is 71.1 Å². The molecule has 2 heteroatoms. The van der Waals surface area contributed by atoms with Crippen LogP contribution in [0.1, 0.15) is 92.2 Å². The molecule has 2 nitrogen and oxygen atoms in total. The van der Waals surface area contributed by atoms with E-state index in [2.05, 4.69) is 6.92 Å². The maximum Gasteiger partial charge on any atom is 0.0890 e. The third kappa shape index (κ3) is 15.9. The monoisotopic (exact) mass is 263 g/mol. The van der Waals surface area contributed by atoms with E-state index in [9.17, 15) is 5.21 Å². The Morgan fingerprint density at radius 1 is 0.722 bits per heavy atom. The molecule has 110 valence electrons. The van der Waals surface area contributed by atoms with Crippen molar-refractivity contribution in [3.05, 3.63) is 5.21 Å². The average molecular weight is 263 g/mol. The summed E-state index contributed by atoms with van der Waals surface area (Å²) in [4.78, 5) is 0. The number of nitrogens with zero attached hydrogens (tertiary/aromatic N) is 1. The lowest BCUT2D eigenvalue weighted by Gasteiger charge is -2.33. The summed E-state index contributed by atoms with van der Waals surface area (Å²) in [6, 6.07) is 0. The molecular weight excluding hydrogens is 222 g/mol. The first-order chi connectivity index (χ1) is 11.1. The van der Waals surface area contributed by atoms with E-state index in [4.69, 9.17) is 8.22 Å². The summed E-state index contributed by atoms with van der Waals surface area (Å²) in [7, 11) is 0. The molecule has 0 heterocycles. The highest BCUT2D eigenvalue weighted by atomic mass is 16.5. The molecule has 0 atom stereocenters.